The van der Waals surface area contributed by atoms with Crippen molar-refractivity contribution in [3.8, 4) is 0 Å². The number of carbonyl (C=O) groups excluding carboxylic acids is 1. The number of nitrogens with zero attached hydrogens (tertiary/aromatic N) is 5. The summed E-state index contributed by atoms with van der Waals surface area (Å²) < 4.78 is 9.08. The van der Waals surface area contributed by atoms with Crippen molar-refractivity contribution in [1.82, 2.24) is 29.9 Å². The van der Waals surface area contributed by atoms with Crippen LogP contribution in [0.2, 0.25) is 0 Å². The second kappa shape index (κ2) is 7.19. The number of rotatable bonds is 4. The van der Waals surface area contributed by atoms with E-state index >= 15 is 0 Å². The van der Waals surface area contributed by atoms with Crippen LogP contribution in [-0.4, -0.2) is 43.6 Å². The molecule has 8 nitrogen and oxygen atoms in total. The van der Waals surface area contributed by atoms with Crippen LogP contribution in [0.25, 0.3) is 0 Å². The number of carbonyl (C=O) groups is 1. The Kier molecular flexibility index (Phi) is 4.76. The molecule has 140 valence electrons. The Morgan fingerprint density at radius 1 is 1.23 bits per heavy atom. The molecule has 0 saturated heterocycles. The van der Waals surface area contributed by atoms with Gasteiger partial charge in [-0.2, -0.15) is 5.10 Å². The lowest BCUT2D eigenvalue weighted by Crippen LogP contribution is -2.36. The maximum absolute atomic E-state index is 12.9. The van der Waals surface area contributed by atoms with Crippen molar-refractivity contribution < 1.29 is 9.53 Å². The molecule has 0 fully saturated rings. The fourth-order valence-electron chi connectivity index (χ4n) is 4.15. The van der Waals surface area contributed by atoms with Crippen LogP contribution in [0.5, 0.6) is 0 Å². The van der Waals surface area contributed by atoms with Crippen LogP contribution in [0.15, 0.2) is 0 Å². The third kappa shape index (κ3) is 3.13. The molecule has 1 atom stereocenters. The lowest BCUT2D eigenvalue weighted by Gasteiger charge is -2.17. The van der Waals surface area contributed by atoms with Crippen molar-refractivity contribution in [2.24, 2.45) is 7.05 Å². The quantitative estimate of drug-likeness (QED) is 0.887. The van der Waals surface area contributed by atoms with Crippen molar-refractivity contribution in [2.45, 2.75) is 64.1 Å². The summed E-state index contributed by atoms with van der Waals surface area (Å²) >= 11 is 0. The number of hydrogen-bond donors (Lipinski definition) is 1. The average molecular weight is 358 g/mol. The summed E-state index contributed by atoms with van der Waals surface area (Å²) in [6.07, 6.45) is 6.79. The fourth-order valence-corrected chi connectivity index (χ4v) is 4.15. The summed E-state index contributed by atoms with van der Waals surface area (Å²) in [6.45, 7) is 1.26. The summed E-state index contributed by atoms with van der Waals surface area (Å²) in [6, 6.07) is 0.133. The topological polar surface area (TPSA) is 86.9 Å². The van der Waals surface area contributed by atoms with Crippen LogP contribution in [0.4, 0.5) is 0 Å². The minimum Gasteiger partial charge on any atom is -0.377 e. The van der Waals surface area contributed by atoms with Gasteiger partial charge in [0.05, 0.1) is 5.69 Å². The molecule has 4 rings (SSSR count). The molecule has 0 aromatic carbocycles. The monoisotopic (exact) mass is 358 g/mol. The molecule has 1 aliphatic carbocycles. The first kappa shape index (κ1) is 17.2. The SMILES string of the molecule is COCc1nnc2n1CCC(NC(=O)c1c3c(nn1C)CCCC3)CC2. The molecule has 0 saturated carbocycles. The van der Waals surface area contributed by atoms with E-state index in [4.69, 9.17) is 4.74 Å². The highest BCUT2D eigenvalue weighted by molar-refractivity contribution is 5.94. The van der Waals surface area contributed by atoms with Gasteiger partial charge >= 0.3 is 0 Å². The number of aromatic nitrogens is 5. The molecule has 2 aromatic heterocycles. The van der Waals surface area contributed by atoms with Gasteiger partial charge in [0, 0.05) is 38.7 Å². The lowest BCUT2D eigenvalue weighted by atomic mass is 9.95. The van der Waals surface area contributed by atoms with Crippen LogP contribution in [-0.2, 0) is 44.2 Å². The average Bonchev–Trinajstić information content (AvgIpc) is 3.10. The van der Waals surface area contributed by atoms with Crippen LogP contribution in [0.3, 0.4) is 0 Å². The molecular formula is C18H26N6O2. The number of ether oxygens (including phenoxy) is 1. The highest BCUT2D eigenvalue weighted by Gasteiger charge is 2.27. The second-order valence-corrected chi connectivity index (χ2v) is 7.22. The van der Waals surface area contributed by atoms with E-state index in [1.54, 1.807) is 11.8 Å². The van der Waals surface area contributed by atoms with E-state index in [1.165, 1.54) is 0 Å². The lowest BCUT2D eigenvalue weighted by molar-refractivity contribution is 0.0922. The van der Waals surface area contributed by atoms with Gasteiger partial charge in [-0.15, -0.1) is 10.2 Å². The Hall–Kier alpha value is -2.22. The van der Waals surface area contributed by atoms with Gasteiger partial charge in [-0.25, -0.2) is 0 Å². The van der Waals surface area contributed by atoms with Crippen LogP contribution in [0, 0.1) is 0 Å². The number of aryl methyl sites for hydroxylation is 3. The Morgan fingerprint density at radius 3 is 2.92 bits per heavy atom. The van der Waals surface area contributed by atoms with Crippen molar-refractivity contribution >= 4 is 5.91 Å². The molecule has 1 aliphatic heterocycles. The molecule has 0 bridgehead atoms. The van der Waals surface area contributed by atoms with E-state index in [9.17, 15) is 4.79 Å². The maximum Gasteiger partial charge on any atom is 0.270 e. The first-order valence-electron chi connectivity index (χ1n) is 9.43. The summed E-state index contributed by atoms with van der Waals surface area (Å²) in [5, 5.41) is 16.3. The van der Waals surface area contributed by atoms with Gasteiger partial charge < -0.3 is 14.6 Å². The van der Waals surface area contributed by atoms with Crippen LogP contribution >= 0.6 is 0 Å². The standard InChI is InChI=1S/C18H26N6O2/c1-23-17(13-5-3-4-6-14(13)22-23)18(25)19-12-7-8-15-20-21-16(11-26-2)24(15)10-9-12/h12H,3-11H2,1-2H3,(H,19,25). The van der Waals surface area contributed by atoms with Crippen LogP contribution in [0.1, 0.15) is 59.1 Å². The van der Waals surface area contributed by atoms with Crippen molar-refractivity contribution in [1.29, 1.82) is 0 Å². The number of methoxy groups -OCH3 is 1. The minimum atomic E-state index is 0.00271. The molecule has 3 heterocycles. The van der Waals surface area contributed by atoms with E-state index in [1.807, 2.05) is 7.05 Å². The zero-order chi connectivity index (χ0) is 18.1. The molecule has 1 amide bonds. The van der Waals surface area contributed by atoms with Crippen LogP contribution < -0.4 is 5.32 Å². The Bertz CT molecular complexity index is 809. The normalized spacial score (nSPS) is 19.5. The highest BCUT2D eigenvalue weighted by Crippen LogP contribution is 2.24. The zero-order valence-electron chi connectivity index (χ0n) is 15.5. The second-order valence-electron chi connectivity index (χ2n) is 7.22. The largest absolute Gasteiger partial charge is 0.377 e. The van der Waals surface area contributed by atoms with Gasteiger partial charge in [0.2, 0.25) is 0 Å². The van der Waals surface area contributed by atoms with E-state index in [0.29, 0.717) is 6.61 Å². The molecule has 2 aliphatic rings. The van der Waals surface area contributed by atoms with Gasteiger partial charge in [-0.3, -0.25) is 9.48 Å². The first-order chi connectivity index (χ1) is 12.7. The molecular weight excluding hydrogens is 332 g/mol. The molecule has 26 heavy (non-hydrogen) atoms. The van der Waals surface area contributed by atoms with E-state index < -0.39 is 0 Å². The van der Waals surface area contributed by atoms with E-state index in [0.717, 1.165) is 80.1 Å². The Morgan fingerprint density at radius 2 is 2.08 bits per heavy atom. The van der Waals surface area contributed by atoms with Crippen molar-refractivity contribution in [3.05, 3.63) is 28.6 Å². The predicted octanol–water partition coefficient (Wildman–Crippen LogP) is 1.17. The number of fused-ring (bicyclic) bond motifs is 2. The number of amides is 1. The van der Waals surface area contributed by atoms with Gasteiger partial charge in [0.1, 0.15) is 18.1 Å². The molecule has 0 spiro atoms. The van der Waals surface area contributed by atoms with Gasteiger partial charge in [-0.1, -0.05) is 0 Å². The molecule has 1 N–H and O–H groups in total. The molecule has 1 unspecified atom stereocenters. The smallest absolute Gasteiger partial charge is 0.270 e. The zero-order valence-corrected chi connectivity index (χ0v) is 15.5. The van der Waals surface area contributed by atoms with E-state index in [-0.39, 0.29) is 11.9 Å². The Balaban J connectivity index is 1.45. The summed E-state index contributed by atoms with van der Waals surface area (Å²) in [5.41, 5.74) is 2.98. The number of nitrogens with one attached hydrogen (secondary N) is 1. The van der Waals surface area contributed by atoms with Crippen molar-refractivity contribution in [3.63, 3.8) is 0 Å². The summed E-state index contributed by atoms with van der Waals surface area (Å²) in [4.78, 5) is 12.9. The third-order valence-electron chi connectivity index (χ3n) is 5.46. The third-order valence-corrected chi connectivity index (χ3v) is 5.46. The van der Waals surface area contributed by atoms with Gasteiger partial charge in [-0.05, 0) is 38.5 Å². The fraction of sp³-hybridized carbons (Fsp3) is 0.667. The maximum atomic E-state index is 12.9. The molecule has 2 aromatic rings. The van der Waals surface area contributed by atoms with Crippen molar-refractivity contribution in [2.75, 3.05) is 7.11 Å². The Labute approximate surface area is 152 Å². The minimum absolute atomic E-state index is 0.00271. The predicted molar refractivity (Wildman–Crippen MR) is 94.8 cm³/mol. The first-order valence-corrected chi connectivity index (χ1v) is 9.43. The molecule has 0 radical (unpaired) electrons. The van der Waals surface area contributed by atoms with Gasteiger partial charge in [0.15, 0.2) is 5.82 Å². The van der Waals surface area contributed by atoms with E-state index in [2.05, 4.69) is 25.2 Å². The van der Waals surface area contributed by atoms with Gasteiger partial charge in [0.25, 0.3) is 5.91 Å². The number of hydrogen-bond acceptors (Lipinski definition) is 5. The highest BCUT2D eigenvalue weighted by atomic mass is 16.5. The summed E-state index contributed by atoms with van der Waals surface area (Å²) in [5.74, 6) is 1.84. The summed E-state index contributed by atoms with van der Waals surface area (Å²) in [7, 11) is 3.54. The molecule has 8 heteroatoms.